The zero-order valence-corrected chi connectivity index (χ0v) is 16.7. The molecule has 0 fully saturated rings. The summed E-state index contributed by atoms with van der Waals surface area (Å²) in [5.74, 6) is 0.218. The summed E-state index contributed by atoms with van der Waals surface area (Å²) >= 11 is 0. The molecule has 0 aliphatic carbocycles. The van der Waals surface area contributed by atoms with Gasteiger partial charge >= 0.3 is 0 Å². The van der Waals surface area contributed by atoms with Gasteiger partial charge in [-0.05, 0) is 30.2 Å². The van der Waals surface area contributed by atoms with E-state index in [1.165, 1.54) is 21.8 Å². The molecule has 4 aromatic rings. The topological polar surface area (TPSA) is 91.0 Å². The molecule has 4 rings (SSSR count). The summed E-state index contributed by atoms with van der Waals surface area (Å²) in [6.45, 7) is 2.17. The summed E-state index contributed by atoms with van der Waals surface area (Å²) in [7, 11) is 1.71. The van der Waals surface area contributed by atoms with Crippen molar-refractivity contribution in [2.45, 2.75) is 20.1 Å². The van der Waals surface area contributed by atoms with Gasteiger partial charge in [0.2, 0.25) is 5.91 Å². The van der Waals surface area contributed by atoms with Gasteiger partial charge in [0.05, 0.1) is 11.9 Å². The number of aryl methyl sites for hydroxylation is 2. The van der Waals surface area contributed by atoms with Crippen molar-refractivity contribution >= 4 is 22.6 Å². The summed E-state index contributed by atoms with van der Waals surface area (Å²) in [6, 6.07) is 15.3. The van der Waals surface area contributed by atoms with Crippen molar-refractivity contribution in [3.63, 3.8) is 0 Å². The number of rotatable bonds is 6. The highest BCUT2D eigenvalue weighted by Gasteiger charge is 2.13. The number of anilines is 1. The molecule has 0 saturated heterocycles. The van der Waals surface area contributed by atoms with Gasteiger partial charge < -0.3 is 10.1 Å². The Morgan fingerprint density at radius 1 is 1.17 bits per heavy atom. The van der Waals surface area contributed by atoms with Crippen LogP contribution in [0.25, 0.3) is 11.0 Å². The molecule has 0 aliphatic heterocycles. The molecule has 1 amide bonds. The number of nitrogens with one attached hydrogen (secondary N) is 1. The maximum absolute atomic E-state index is 12.6. The molecule has 0 spiro atoms. The summed E-state index contributed by atoms with van der Waals surface area (Å²) in [5.41, 5.74) is 2.75. The normalized spacial score (nSPS) is 10.9. The molecular formula is C22H21N5O3. The van der Waals surface area contributed by atoms with E-state index in [1.807, 2.05) is 49.4 Å². The summed E-state index contributed by atoms with van der Waals surface area (Å²) < 4.78 is 8.71. The van der Waals surface area contributed by atoms with Gasteiger partial charge in [-0.15, -0.1) is 0 Å². The predicted octanol–water partition coefficient (Wildman–Crippen LogP) is 2.66. The van der Waals surface area contributed by atoms with E-state index in [-0.39, 0.29) is 18.0 Å². The van der Waals surface area contributed by atoms with Crippen LogP contribution in [0.5, 0.6) is 5.75 Å². The second-order valence-electron chi connectivity index (χ2n) is 7.01. The Hall–Kier alpha value is -3.94. The molecule has 0 bridgehead atoms. The van der Waals surface area contributed by atoms with Gasteiger partial charge in [-0.2, -0.15) is 5.10 Å². The van der Waals surface area contributed by atoms with Crippen LogP contribution in [0.4, 0.5) is 5.69 Å². The highest BCUT2D eigenvalue weighted by Crippen LogP contribution is 2.26. The second kappa shape index (κ2) is 8.20. The van der Waals surface area contributed by atoms with Gasteiger partial charge in [0.1, 0.15) is 30.6 Å². The summed E-state index contributed by atoms with van der Waals surface area (Å²) in [6.07, 6.45) is 2.81. The van der Waals surface area contributed by atoms with Crippen molar-refractivity contribution < 1.29 is 9.53 Å². The lowest BCUT2D eigenvalue weighted by atomic mass is 10.2. The van der Waals surface area contributed by atoms with E-state index in [0.29, 0.717) is 29.1 Å². The molecule has 0 saturated carbocycles. The third kappa shape index (κ3) is 4.07. The van der Waals surface area contributed by atoms with Gasteiger partial charge in [0.25, 0.3) is 5.56 Å². The van der Waals surface area contributed by atoms with Gasteiger partial charge in [-0.25, -0.2) is 4.98 Å². The van der Waals surface area contributed by atoms with Gasteiger partial charge in [0.15, 0.2) is 5.65 Å². The Kier molecular flexibility index (Phi) is 5.30. The van der Waals surface area contributed by atoms with Crippen LogP contribution in [-0.2, 0) is 25.0 Å². The minimum absolute atomic E-state index is 0.164. The van der Waals surface area contributed by atoms with Gasteiger partial charge in [0, 0.05) is 7.05 Å². The second-order valence-corrected chi connectivity index (χ2v) is 7.01. The number of nitrogens with zero attached hydrogens (tertiary/aromatic N) is 4. The number of fused-ring (bicyclic) bond motifs is 1. The molecule has 30 heavy (non-hydrogen) atoms. The average molecular weight is 403 g/mol. The van der Waals surface area contributed by atoms with Crippen molar-refractivity contribution in [2.75, 3.05) is 5.32 Å². The summed E-state index contributed by atoms with van der Waals surface area (Å²) in [4.78, 5) is 29.4. The smallest absolute Gasteiger partial charge is 0.264 e. The fourth-order valence-electron chi connectivity index (χ4n) is 3.11. The van der Waals surface area contributed by atoms with E-state index in [4.69, 9.17) is 4.74 Å². The lowest BCUT2D eigenvalue weighted by Gasteiger charge is -2.14. The van der Waals surface area contributed by atoms with Crippen molar-refractivity contribution in [3.05, 3.63) is 82.5 Å². The van der Waals surface area contributed by atoms with Crippen LogP contribution < -0.4 is 15.6 Å². The van der Waals surface area contributed by atoms with E-state index in [1.54, 1.807) is 13.1 Å². The zero-order valence-electron chi connectivity index (χ0n) is 16.7. The Morgan fingerprint density at radius 2 is 1.97 bits per heavy atom. The van der Waals surface area contributed by atoms with Crippen molar-refractivity contribution in [2.24, 2.45) is 7.05 Å². The Balaban J connectivity index is 1.50. The number of aromatic nitrogens is 4. The van der Waals surface area contributed by atoms with Crippen LogP contribution in [-0.4, -0.2) is 25.2 Å². The molecule has 2 heterocycles. The average Bonchev–Trinajstić information content (AvgIpc) is 3.12. The molecule has 8 nitrogen and oxygen atoms in total. The molecule has 0 radical (unpaired) electrons. The van der Waals surface area contributed by atoms with E-state index in [9.17, 15) is 9.59 Å². The molecule has 152 valence electrons. The fourth-order valence-corrected chi connectivity index (χ4v) is 3.11. The molecule has 2 aromatic heterocycles. The summed E-state index contributed by atoms with van der Waals surface area (Å²) in [5, 5.41) is 7.23. The SMILES string of the molecule is Cc1ccc(NC(=O)Cn2cnc3c(cnn3C)c2=O)c(OCc2ccccc2)c1. The number of ether oxygens (including phenoxy) is 1. The lowest BCUT2D eigenvalue weighted by molar-refractivity contribution is -0.116. The Labute approximate surface area is 172 Å². The van der Waals surface area contributed by atoms with Crippen LogP contribution in [0.3, 0.4) is 0 Å². The Bertz CT molecular complexity index is 1260. The van der Waals surface area contributed by atoms with Crippen LogP contribution in [0.15, 0.2) is 65.8 Å². The standard InChI is InChI=1S/C22H21N5O3/c1-15-8-9-18(19(10-15)30-13-16-6-4-3-5-7-16)25-20(28)12-27-14-23-21-17(22(27)29)11-24-26(21)2/h3-11,14H,12-13H2,1-2H3,(H,25,28). The quantitative estimate of drug-likeness (QED) is 0.534. The van der Waals surface area contributed by atoms with E-state index in [0.717, 1.165) is 11.1 Å². The highest BCUT2D eigenvalue weighted by atomic mass is 16.5. The molecule has 2 aromatic carbocycles. The number of carbonyl (C=O) groups excluding carboxylic acids is 1. The van der Waals surface area contributed by atoms with Crippen LogP contribution >= 0.6 is 0 Å². The monoisotopic (exact) mass is 403 g/mol. The maximum atomic E-state index is 12.6. The van der Waals surface area contributed by atoms with Crippen molar-refractivity contribution in [3.8, 4) is 5.75 Å². The first-order valence-corrected chi connectivity index (χ1v) is 9.45. The minimum atomic E-state index is -0.351. The van der Waals surface area contributed by atoms with Crippen molar-refractivity contribution in [1.29, 1.82) is 0 Å². The van der Waals surface area contributed by atoms with E-state index in [2.05, 4.69) is 15.4 Å². The van der Waals surface area contributed by atoms with Gasteiger partial charge in [-0.3, -0.25) is 18.8 Å². The number of benzene rings is 2. The fraction of sp³-hybridized carbons (Fsp3) is 0.182. The molecule has 8 heteroatoms. The zero-order chi connectivity index (χ0) is 21.1. The third-order valence-electron chi connectivity index (χ3n) is 4.68. The third-order valence-corrected chi connectivity index (χ3v) is 4.68. The highest BCUT2D eigenvalue weighted by molar-refractivity contribution is 5.92. The first-order chi connectivity index (χ1) is 14.5. The van der Waals surface area contributed by atoms with E-state index < -0.39 is 0 Å². The molecular weight excluding hydrogens is 382 g/mol. The first-order valence-electron chi connectivity index (χ1n) is 9.45. The number of amides is 1. The molecule has 0 atom stereocenters. The van der Waals surface area contributed by atoms with Crippen LogP contribution in [0.1, 0.15) is 11.1 Å². The van der Waals surface area contributed by atoms with E-state index >= 15 is 0 Å². The predicted molar refractivity (Wildman–Crippen MR) is 113 cm³/mol. The lowest BCUT2D eigenvalue weighted by Crippen LogP contribution is -2.28. The maximum Gasteiger partial charge on any atom is 0.264 e. The first kappa shape index (κ1) is 19.4. The number of carbonyl (C=O) groups is 1. The van der Waals surface area contributed by atoms with Crippen molar-refractivity contribution in [1.82, 2.24) is 19.3 Å². The Morgan fingerprint density at radius 3 is 2.77 bits per heavy atom. The number of hydrogen-bond acceptors (Lipinski definition) is 5. The number of hydrogen-bond donors (Lipinski definition) is 1. The largest absolute Gasteiger partial charge is 0.487 e. The molecule has 0 unspecified atom stereocenters. The van der Waals surface area contributed by atoms with Crippen LogP contribution in [0, 0.1) is 6.92 Å². The van der Waals surface area contributed by atoms with Gasteiger partial charge in [-0.1, -0.05) is 36.4 Å². The minimum Gasteiger partial charge on any atom is -0.487 e. The molecule has 1 N–H and O–H groups in total. The van der Waals surface area contributed by atoms with Crippen LogP contribution in [0.2, 0.25) is 0 Å². The molecule has 0 aliphatic rings.